The molecule has 3 nitrogen and oxygen atoms in total. The molecule has 4 aliphatic carbocycles. The molecule has 5 rings (SSSR count). The molecule has 0 aromatic rings. The predicted molar refractivity (Wildman–Crippen MR) is 80.2 cm³/mol. The molecule has 1 aliphatic heterocycles. The fourth-order valence-corrected chi connectivity index (χ4v) is 5.62. The van der Waals surface area contributed by atoms with E-state index in [4.69, 9.17) is 0 Å². The Kier molecular flexibility index (Phi) is 2.71. The number of carbonyl (C=O) groups is 2. The molecule has 3 saturated carbocycles. The zero-order chi connectivity index (χ0) is 14.9. The third-order valence-corrected chi connectivity index (χ3v) is 7.19. The van der Waals surface area contributed by atoms with E-state index in [0.29, 0.717) is 23.2 Å². The number of imide groups is 1. The summed E-state index contributed by atoms with van der Waals surface area (Å²) in [6, 6.07) is 0.160. The highest BCUT2D eigenvalue weighted by molar-refractivity contribution is 6.05. The van der Waals surface area contributed by atoms with Crippen molar-refractivity contribution in [1.82, 2.24) is 4.90 Å². The summed E-state index contributed by atoms with van der Waals surface area (Å²) in [6.45, 7) is 6.97. The minimum atomic E-state index is -0.0686. The molecule has 2 bridgehead atoms. The predicted octanol–water partition coefficient (Wildman–Crippen LogP) is 3.01. The molecule has 2 unspecified atom stereocenters. The maximum Gasteiger partial charge on any atom is 0.233 e. The lowest BCUT2D eigenvalue weighted by molar-refractivity contribution is -0.163. The molecule has 3 heteroatoms. The van der Waals surface area contributed by atoms with Crippen LogP contribution in [-0.4, -0.2) is 22.8 Å². The Morgan fingerprint density at radius 1 is 1.05 bits per heavy atom. The summed E-state index contributed by atoms with van der Waals surface area (Å²) in [6.07, 6.45) is 7.96. The van der Waals surface area contributed by atoms with Crippen molar-refractivity contribution in [1.29, 1.82) is 0 Å². The van der Waals surface area contributed by atoms with E-state index in [1.54, 1.807) is 4.90 Å². The largest absolute Gasteiger partial charge is 0.279 e. The number of hydrogen-bond acceptors (Lipinski definition) is 2. The first-order valence-electron chi connectivity index (χ1n) is 8.45. The topological polar surface area (TPSA) is 37.4 Å². The van der Waals surface area contributed by atoms with E-state index in [1.807, 2.05) is 0 Å². The Morgan fingerprint density at radius 2 is 1.62 bits per heavy atom. The lowest BCUT2D eigenvalue weighted by Crippen LogP contribution is -2.61. The fraction of sp³-hybridized carbons (Fsp3) is 0.778. The van der Waals surface area contributed by atoms with Gasteiger partial charge in [-0.15, -0.1) is 0 Å². The van der Waals surface area contributed by atoms with Gasteiger partial charge < -0.3 is 0 Å². The van der Waals surface area contributed by atoms with Crippen molar-refractivity contribution >= 4 is 11.8 Å². The van der Waals surface area contributed by atoms with E-state index in [2.05, 4.69) is 32.9 Å². The summed E-state index contributed by atoms with van der Waals surface area (Å²) >= 11 is 0. The normalized spacial score (nSPS) is 47.3. The van der Waals surface area contributed by atoms with E-state index in [9.17, 15) is 9.59 Å². The molecule has 0 aromatic carbocycles. The average molecular weight is 287 g/mol. The highest BCUT2D eigenvalue weighted by atomic mass is 16.2. The molecule has 1 saturated heterocycles. The second kappa shape index (κ2) is 4.21. The van der Waals surface area contributed by atoms with Crippen LogP contribution in [0.25, 0.3) is 0 Å². The highest BCUT2D eigenvalue weighted by Crippen LogP contribution is 2.62. The molecular weight excluding hydrogens is 262 g/mol. The molecule has 2 amide bonds. The second-order valence-corrected chi connectivity index (χ2v) is 8.22. The molecule has 6 atom stereocenters. The van der Waals surface area contributed by atoms with Gasteiger partial charge in [0.1, 0.15) is 0 Å². The lowest BCUT2D eigenvalue weighted by atomic mass is 9.44. The van der Waals surface area contributed by atoms with Crippen LogP contribution in [0, 0.1) is 35.0 Å². The number of fused-ring (bicyclic) bond motifs is 3. The van der Waals surface area contributed by atoms with Crippen molar-refractivity contribution in [3.8, 4) is 0 Å². The van der Waals surface area contributed by atoms with Gasteiger partial charge in [-0.25, -0.2) is 0 Å². The van der Waals surface area contributed by atoms with Crippen molar-refractivity contribution in [3.05, 3.63) is 12.2 Å². The third-order valence-electron chi connectivity index (χ3n) is 7.19. The number of nitrogens with zero attached hydrogens (tertiary/aromatic N) is 1. The summed E-state index contributed by atoms with van der Waals surface area (Å²) in [5.74, 6) is 1.90. The minimum absolute atomic E-state index is 0.0686. The van der Waals surface area contributed by atoms with Crippen molar-refractivity contribution in [2.45, 2.75) is 52.5 Å². The Balaban J connectivity index is 1.60. The van der Waals surface area contributed by atoms with E-state index in [0.717, 1.165) is 19.3 Å². The van der Waals surface area contributed by atoms with Gasteiger partial charge in [0.25, 0.3) is 0 Å². The summed E-state index contributed by atoms with van der Waals surface area (Å²) in [5, 5.41) is 0. The van der Waals surface area contributed by atoms with Gasteiger partial charge in [-0.1, -0.05) is 32.9 Å². The lowest BCUT2D eigenvalue weighted by Gasteiger charge is -2.63. The van der Waals surface area contributed by atoms with Crippen molar-refractivity contribution < 1.29 is 9.59 Å². The molecule has 5 aliphatic rings. The Labute approximate surface area is 126 Å². The average Bonchev–Trinajstić information content (AvgIpc) is 2.71. The van der Waals surface area contributed by atoms with Crippen LogP contribution in [0.15, 0.2) is 12.2 Å². The van der Waals surface area contributed by atoms with Crippen LogP contribution < -0.4 is 0 Å². The Hall–Kier alpha value is -1.12. The van der Waals surface area contributed by atoms with Crippen LogP contribution in [0.1, 0.15) is 46.5 Å². The summed E-state index contributed by atoms with van der Waals surface area (Å²) < 4.78 is 0. The monoisotopic (exact) mass is 287 g/mol. The van der Waals surface area contributed by atoms with Gasteiger partial charge in [0.2, 0.25) is 11.8 Å². The molecule has 4 fully saturated rings. The van der Waals surface area contributed by atoms with Gasteiger partial charge >= 0.3 is 0 Å². The number of rotatable bonds is 1. The van der Waals surface area contributed by atoms with Crippen LogP contribution in [0.4, 0.5) is 0 Å². The number of hydrogen-bond donors (Lipinski definition) is 0. The second-order valence-electron chi connectivity index (χ2n) is 8.22. The summed E-state index contributed by atoms with van der Waals surface area (Å²) in [7, 11) is 0. The Morgan fingerprint density at radius 3 is 2.10 bits per heavy atom. The number of carbonyl (C=O) groups excluding carboxylic acids is 2. The van der Waals surface area contributed by atoms with E-state index in [1.165, 1.54) is 6.42 Å². The molecule has 1 heterocycles. The molecule has 0 N–H and O–H groups in total. The van der Waals surface area contributed by atoms with Crippen molar-refractivity contribution in [3.63, 3.8) is 0 Å². The first-order chi connectivity index (χ1) is 9.93. The van der Waals surface area contributed by atoms with Crippen LogP contribution in [0.5, 0.6) is 0 Å². The van der Waals surface area contributed by atoms with Gasteiger partial charge in [-0.2, -0.15) is 0 Å². The maximum absolute atomic E-state index is 12.7. The summed E-state index contributed by atoms with van der Waals surface area (Å²) in [4.78, 5) is 27.2. The number of allylic oxidation sites excluding steroid dienone is 2. The van der Waals surface area contributed by atoms with Gasteiger partial charge in [0.05, 0.1) is 11.8 Å². The van der Waals surface area contributed by atoms with Gasteiger partial charge in [-0.3, -0.25) is 14.5 Å². The third kappa shape index (κ3) is 1.61. The van der Waals surface area contributed by atoms with Crippen molar-refractivity contribution in [2.24, 2.45) is 35.0 Å². The molecule has 0 aromatic heterocycles. The van der Waals surface area contributed by atoms with Gasteiger partial charge in [0.15, 0.2) is 0 Å². The minimum Gasteiger partial charge on any atom is -0.279 e. The van der Waals surface area contributed by atoms with Crippen LogP contribution in [0.3, 0.4) is 0 Å². The Bertz CT molecular complexity index is 509. The zero-order valence-corrected chi connectivity index (χ0v) is 13.2. The van der Waals surface area contributed by atoms with E-state index in [-0.39, 0.29) is 29.7 Å². The van der Waals surface area contributed by atoms with Crippen molar-refractivity contribution in [2.75, 3.05) is 0 Å². The molecular formula is C18H25NO2. The number of likely N-dealkylation sites (tertiary alicyclic amines) is 1. The van der Waals surface area contributed by atoms with Gasteiger partial charge in [-0.05, 0) is 48.9 Å². The molecule has 0 spiro atoms. The summed E-state index contributed by atoms with van der Waals surface area (Å²) in [5.41, 5.74) is 0.399. The standard InChI is InChI=1S/C18H25NO2/c1-10-14-8-11(18(14,2)3)9-15(10)19-16(20)12-6-4-5-7-13(12)17(19)21/h4-5,10-15H,6-9H2,1-3H3/t10-,11+,12?,13?,14-,15-/m1/s1. The SMILES string of the molecule is C[C@H]1[C@H](N2C(=O)C3CC=CCC3C2=O)C[C@@H]2C[C@H]1C2(C)C. The number of amides is 2. The molecule has 114 valence electrons. The fourth-order valence-electron chi connectivity index (χ4n) is 5.62. The first-order valence-corrected chi connectivity index (χ1v) is 8.45. The van der Waals surface area contributed by atoms with E-state index >= 15 is 0 Å². The van der Waals surface area contributed by atoms with Crippen LogP contribution in [0.2, 0.25) is 0 Å². The maximum atomic E-state index is 12.7. The molecule has 0 radical (unpaired) electrons. The first kappa shape index (κ1) is 13.5. The van der Waals surface area contributed by atoms with Crippen LogP contribution >= 0.6 is 0 Å². The van der Waals surface area contributed by atoms with Crippen LogP contribution in [-0.2, 0) is 9.59 Å². The smallest absolute Gasteiger partial charge is 0.233 e. The van der Waals surface area contributed by atoms with E-state index < -0.39 is 0 Å². The molecule has 21 heavy (non-hydrogen) atoms. The zero-order valence-electron chi connectivity index (χ0n) is 13.2. The quantitative estimate of drug-likeness (QED) is 0.549. The van der Waals surface area contributed by atoms with Gasteiger partial charge in [0, 0.05) is 6.04 Å². The highest BCUT2D eigenvalue weighted by Gasteiger charge is 2.60.